The van der Waals surface area contributed by atoms with Gasteiger partial charge in [-0.25, -0.2) is 18.9 Å². The van der Waals surface area contributed by atoms with Crippen molar-refractivity contribution in [3.05, 3.63) is 54.1 Å². The van der Waals surface area contributed by atoms with E-state index in [1.807, 2.05) is 18.2 Å². The van der Waals surface area contributed by atoms with Crippen LogP contribution in [-0.2, 0) is 10.2 Å². The zero-order chi connectivity index (χ0) is 23.3. The molecule has 1 amide bonds. The van der Waals surface area contributed by atoms with Crippen LogP contribution >= 0.6 is 0 Å². The molecule has 2 atom stereocenters. The number of amides is 1. The number of methoxy groups -OCH3 is 1. The van der Waals surface area contributed by atoms with E-state index in [-0.39, 0.29) is 30.7 Å². The summed E-state index contributed by atoms with van der Waals surface area (Å²) in [5, 5.41) is 9.58. The first-order valence-corrected chi connectivity index (χ1v) is 11.7. The maximum atomic E-state index is 14.0. The number of aromatic nitrogens is 2. The first kappa shape index (κ1) is 21.4. The van der Waals surface area contributed by atoms with Crippen molar-refractivity contribution in [3.8, 4) is 16.9 Å². The van der Waals surface area contributed by atoms with Crippen molar-refractivity contribution in [2.24, 2.45) is 11.8 Å². The highest BCUT2D eigenvalue weighted by molar-refractivity contribution is 7.87. The van der Waals surface area contributed by atoms with Crippen molar-refractivity contribution in [1.82, 2.24) is 19.0 Å². The van der Waals surface area contributed by atoms with Gasteiger partial charge >= 0.3 is 16.3 Å². The van der Waals surface area contributed by atoms with Gasteiger partial charge in [-0.3, -0.25) is 0 Å². The smallest absolute Gasteiger partial charge is 0.419 e. The van der Waals surface area contributed by atoms with Gasteiger partial charge in [-0.05, 0) is 59.7 Å². The van der Waals surface area contributed by atoms with Gasteiger partial charge in [0, 0.05) is 35.9 Å². The Bertz CT molecular complexity index is 1400. The van der Waals surface area contributed by atoms with Crippen LogP contribution in [0.4, 0.5) is 9.18 Å². The Hall–Kier alpha value is -3.44. The Morgan fingerprint density at radius 1 is 1.27 bits per heavy atom. The van der Waals surface area contributed by atoms with Gasteiger partial charge in [-0.15, -0.1) is 0 Å². The van der Waals surface area contributed by atoms with E-state index >= 15 is 0 Å². The van der Waals surface area contributed by atoms with Crippen molar-refractivity contribution in [3.63, 3.8) is 0 Å². The van der Waals surface area contributed by atoms with Gasteiger partial charge in [0.2, 0.25) is 0 Å². The van der Waals surface area contributed by atoms with Crippen LogP contribution in [-0.4, -0.2) is 54.1 Å². The molecule has 0 radical (unpaired) electrons. The second kappa shape index (κ2) is 7.85. The highest BCUT2D eigenvalue weighted by Crippen LogP contribution is 2.43. The molecule has 3 N–H and O–H groups in total. The van der Waals surface area contributed by atoms with Gasteiger partial charge in [-0.2, -0.15) is 12.7 Å². The largest absolute Gasteiger partial charge is 0.496 e. The van der Waals surface area contributed by atoms with Gasteiger partial charge < -0.3 is 14.8 Å². The van der Waals surface area contributed by atoms with Crippen LogP contribution in [0, 0.1) is 17.7 Å². The number of ether oxygens (including phenoxy) is 1. The number of hydrogen-bond acceptors (Lipinski definition) is 5. The summed E-state index contributed by atoms with van der Waals surface area (Å²) < 4.78 is 46.5. The highest BCUT2D eigenvalue weighted by atomic mass is 32.2. The van der Waals surface area contributed by atoms with Crippen molar-refractivity contribution in [1.29, 1.82) is 0 Å². The number of pyridine rings is 1. The number of H-pyrrole nitrogens is 1. The van der Waals surface area contributed by atoms with Gasteiger partial charge in [0.1, 0.15) is 17.2 Å². The number of benzene rings is 1. The first-order chi connectivity index (χ1) is 15.7. The zero-order valence-corrected chi connectivity index (χ0v) is 18.4. The molecule has 2 unspecified atom stereocenters. The molecular weight excluding hydrogens is 451 g/mol. The van der Waals surface area contributed by atoms with Crippen LogP contribution in [0.1, 0.15) is 12.1 Å². The van der Waals surface area contributed by atoms with E-state index in [2.05, 4.69) is 9.97 Å². The van der Waals surface area contributed by atoms with E-state index in [0.29, 0.717) is 23.4 Å². The van der Waals surface area contributed by atoms with Crippen molar-refractivity contribution < 1.29 is 27.4 Å². The molecule has 5 rings (SSSR count). The molecule has 11 heteroatoms. The molecule has 1 saturated heterocycles. The summed E-state index contributed by atoms with van der Waals surface area (Å²) in [6, 6.07) is 8.15. The number of allylic oxidation sites excluding steroid dienone is 1. The molecule has 2 aromatic heterocycles. The Balaban J connectivity index is 1.45. The van der Waals surface area contributed by atoms with E-state index in [4.69, 9.17) is 9.84 Å². The SMILES string of the molecule is COc1ccc(F)cc1-c1ccnc2[nH]c(C3=CC4CN(S(=O)(=O)NC(=O)O)CC4C3)cc12. The predicted molar refractivity (Wildman–Crippen MR) is 119 cm³/mol. The third kappa shape index (κ3) is 3.83. The van der Waals surface area contributed by atoms with Crippen LogP contribution in [0.25, 0.3) is 27.7 Å². The lowest BCUT2D eigenvalue weighted by Crippen LogP contribution is -2.42. The number of hydrogen-bond donors (Lipinski definition) is 3. The summed E-state index contributed by atoms with van der Waals surface area (Å²) in [6.45, 7) is 0.471. The predicted octanol–water partition coefficient (Wildman–Crippen LogP) is 3.23. The quantitative estimate of drug-likeness (QED) is 0.524. The van der Waals surface area contributed by atoms with Gasteiger partial charge in [0.15, 0.2) is 0 Å². The zero-order valence-electron chi connectivity index (χ0n) is 17.6. The van der Waals surface area contributed by atoms with Crippen LogP contribution < -0.4 is 9.46 Å². The minimum absolute atomic E-state index is 0.00692. The molecule has 3 aromatic rings. The molecule has 1 aliphatic carbocycles. The lowest BCUT2D eigenvalue weighted by Gasteiger charge is -2.16. The standard InChI is InChI=1S/C22H21FN4O5S/c1-32-20-3-2-15(23)8-17(20)16-4-5-24-21-18(16)9-19(25-21)12-6-13-10-27(11-14(13)7-12)33(30,31)26-22(28)29/h2-6,8-9,13-14,26H,7,10-11H2,1H3,(H,24,25)(H,28,29). The van der Waals surface area contributed by atoms with Crippen LogP contribution in [0.2, 0.25) is 0 Å². The molecule has 172 valence electrons. The summed E-state index contributed by atoms with van der Waals surface area (Å²) >= 11 is 0. The molecule has 33 heavy (non-hydrogen) atoms. The number of carboxylic acid groups (broad SMARTS) is 1. The Morgan fingerprint density at radius 3 is 2.82 bits per heavy atom. The minimum Gasteiger partial charge on any atom is -0.496 e. The van der Waals surface area contributed by atoms with E-state index in [0.717, 1.165) is 22.2 Å². The number of nitrogens with one attached hydrogen (secondary N) is 2. The lowest BCUT2D eigenvalue weighted by atomic mass is 9.99. The maximum absolute atomic E-state index is 14.0. The minimum atomic E-state index is -4.06. The fourth-order valence-electron chi connectivity index (χ4n) is 4.77. The molecule has 1 aromatic carbocycles. The summed E-state index contributed by atoms with van der Waals surface area (Å²) in [5.41, 5.74) is 3.98. The molecule has 3 heterocycles. The summed E-state index contributed by atoms with van der Waals surface area (Å²) in [7, 11) is -2.52. The lowest BCUT2D eigenvalue weighted by molar-refractivity contribution is 0.200. The van der Waals surface area contributed by atoms with Gasteiger partial charge in [0.05, 0.1) is 7.11 Å². The third-order valence-corrected chi connectivity index (χ3v) is 7.65. The number of fused-ring (bicyclic) bond motifs is 2. The van der Waals surface area contributed by atoms with Gasteiger partial charge in [-0.1, -0.05) is 6.08 Å². The topological polar surface area (TPSA) is 125 Å². The normalized spacial score (nSPS) is 20.6. The maximum Gasteiger partial charge on any atom is 0.419 e. The second-order valence-electron chi connectivity index (χ2n) is 8.20. The van der Waals surface area contributed by atoms with Crippen LogP contribution in [0.3, 0.4) is 0 Å². The number of carbonyl (C=O) groups is 1. The van der Waals surface area contributed by atoms with E-state index < -0.39 is 16.3 Å². The van der Waals surface area contributed by atoms with E-state index in [1.165, 1.54) is 23.5 Å². The molecule has 1 fully saturated rings. The first-order valence-electron chi connectivity index (χ1n) is 10.3. The average molecular weight is 472 g/mol. The molecule has 1 aliphatic heterocycles. The molecule has 0 spiro atoms. The molecule has 2 aliphatic rings. The Kier molecular flexibility index (Phi) is 5.09. The van der Waals surface area contributed by atoms with Crippen LogP contribution in [0.15, 0.2) is 42.6 Å². The van der Waals surface area contributed by atoms with Crippen molar-refractivity contribution in [2.45, 2.75) is 6.42 Å². The summed E-state index contributed by atoms with van der Waals surface area (Å²) in [4.78, 5) is 18.5. The Labute approximate surface area is 189 Å². The molecule has 0 saturated carbocycles. The van der Waals surface area contributed by atoms with E-state index in [1.54, 1.807) is 17.0 Å². The second-order valence-corrected chi connectivity index (χ2v) is 9.87. The van der Waals surface area contributed by atoms with Crippen molar-refractivity contribution in [2.75, 3.05) is 20.2 Å². The summed E-state index contributed by atoms with van der Waals surface area (Å²) in [5.74, 6) is 0.243. The molecular formula is C22H21FN4O5S. The number of rotatable bonds is 5. The number of nitrogens with zero attached hydrogens (tertiary/aromatic N) is 2. The fraction of sp³-hybridized carbons (Fsp3) is 0.273. The number of halogens is 1. The number of aromatic amines is 1. The molecule has 9 nitrogen and oxygen atoms in total. The fourth-order valence-corrected chi connectivity index (χ4v) is 5.87. The third-order valence-electron chi connectivity index (χ3n) is 6.24. The molecule has 0 bridgehead atoms. The van der Waals surface area contributed by atoms with Crippen LogP contribution in [0.5, 0.6) is 5.75 Å². The summed E-state index contributed by atoms with van der Waals surface area (Å²) in [6.07, 6.45) is 2.74. The Morgan fingerprint density at radius 2 is 2.09 bits per heavy atom. The highest BCUT2D eigenvalue weighted by Gasteiger charge is 2.42. The van der Waals surface area contributed by atoms with Gasteiger partial charge in [0.25, 0.3) is 0 Å². The monoisotopic (exact) mass is 472 g/mol. The average Bonchev–Trinajstić information content (AvgIpc) is 3.45. The van der Waals surface area contributed by atoms with Crippen molar-refractivity contribution >= 4 is 32.9 Å². The van der Waals surface area contributed by atoms with E-state index in [9.17, 15) is 17.6 Å².